The summed E-state index contributed by atoms with van der Waals surface area (Å²) in [7, 11) is 2.03. The van der Waals surface area contributed by atoms with E-state index < -0.39 is 0 Å². The van der Waals surface area contributed by atoms with Crippen LogP contribution >= 0.6 is 0 Å². The molecule has 1 aliphatic rings. The standard InChI is InChI=1S/C10H21NO/c1-8(2)10(6-12-7-10)9(3,4)11-5/h8,11H,6-7H2,1-5H3. The molecule has 0 aromatic carbocycles. The van der Waals surface area contributed by atoms with Gasteiger partial charge < -0.3 is 10.1 Å². The fourth-order valence-electron chi connectivity index (χ4n) is 1.99. The second-order valence-electron chi connectivity index (χ2n) is 4.68. The third-order valence-corrected chi connectivity index (χ3v) is 3.69. The van der Waals surface area contributed by atoms with Crippen molar-refractivity contribution in [1.82, 2.24) is 5.32 Å². The zero-order valence-electron chi connectivity index (χ0n) is 8.90. The average molecular weight is 171 g/mol. The van der Waals surface area contributed by atoms with Gasteiger partial charge in [-0.15, -0.1) is 0 Å². The van der Waals surface area contributed by atoms with Crippen molar-refractivity contribution in [2.75, 3.05) is 20.3 Å². The monoisotopic (exact) mass is 171 g/mol. The molecule has 0 atom stereocenters. The Kier molecular flexibility index (Phi) is 2.50. The van der Waals surface area contributed by atoms with Crippen LogP contribution in [0.2, 0.25) is 0 Å². The van der Waals surface area contributed by atoms with Gasteiger partial charge in [-0.25, -0.2) is 0 Å². The summed E-state index contributed by atoms with van der Waals surface area (Å²) in [5, 5.41) is 3.39. The topological polar surface area (TPSA) is 21.3 Å². The quantitative estimate of drug-likeness (QED) is 0.697. The Labute approximate surface area is 75.7 Å². The van der Waals surface area contributed by atoms with E-state index in [1.807, 2.05) is 7.05 Å². The predicted molar refractivity (Wildman–Crippen MR) is 51.2 cm³/mol. The van der Waals surface area contributed by atoms with Gasteiger partial charge in [0.25, 0.3) is 0 Å². The molecule has 0 unspecified atom stereocenters. The number of rotatable bonds is 3. The van der Waals surface area contributed by atoms with E-state index in [4.69, 9.17) is 4.74 Å². The Bertz CT molecular complexity index is 159. The normalized spacial score (nSPS) is 22.5. The molecule has 2 nitrogen and oxygen atoms in total. The zero-order valence-corrected chi connectivity index (χ0v) is 8.90. The molecule has 0 spiro atoms. The summed E-state index contributed by atoms with van der Waals surface area (Å²) in [6.07, 6.45) is 0. The van der Waals surface area contributed by atoms with E-state index in [0.717, 1.165) is 13.2 Å². The van der Waals surface area contributed by atoms with Gasteiger partial charge in [0, 0.05) is 11.0 Å². The van der Waals surface area contributed by atoms with Gasteiger partial charge in [-0.2, -0.15) is 0 Å². The smallest absolute Gasteiger partial charge is 0.0564 e. The van der Waals surface area contributed by atoms with Crippen molar-refractivity contribution in [1.29, 1.82) is 0 Å². The van der Waals surface area contributed by atoms with Gasteiger partial charge in [-0.3, -0.25) is 0 Å². The molecule has 0 aromatic heterocycles. The molecule has 0 saturated carbocycles. The van der Waals surface area contributed by atoms with E-state index >= 15 is 0 Å². The van der Waals surface area contributed by atoms with Crippen molar-refractivity contribution in [3.05, 3.63) is 0 Å². The second kappa shape index (κ2) is 3.00. The molecule has 0 bridgehead atoms. The van der Waals surface area contributed by atoms with E-state index in [-0.39, 0.29) is 5.54 Å². The minimum atomic E-state index is 0.180. The Balaban J connectivity index is 2.79. The van der Waals surface area contributed by atoms with Crippen molar-refractivity contribution in [3.8, 4) is 0 Å². The largest absolute Gasteiger partial charge is 0.380 e. The fraction of sp³-hybridized carbons (Fsp3) is 1.00. The van der Waals surface area contributed by atoms with Crippen molar-refractivity contribution >= 4 is 0 Å². The third kappa shape index (κ3) is 1.17. The van der Waals surface area contributed by atoms with Gasteiger partial charge >= 0.3 is 0 Å². The molecule has 12 heavy (non-hydrogen) atoms. The Hall–Kier alpha value is -0.0800. The first-order valence-electron chi connectivity index (χ1n) is 4.73. The first kappa shape index (κ1) is 10.0. The molecule has 1 fully saturated rings. The number of hydrogen-bond donors (Lipinski definition) is 1. The molecule has 1 aliphatic heterocycles. The van der Waals surface area contributed by atoms with E-state index in [9.17, 15) is 0 Å². The molecule has 1 saturated heterocycles. The number of hydrogen-bond acceptors (Lipinski definition) is 2. The SMILES string of the molecule is CNC(C)(C)C1(C(C)C)COC1. The summed E-state index contributed by atoms with van der Waals surface area (Å²) < 4.78 is 5.35. The Morgan fingerprint density at radius 3 is 1.92 bits per heavy atom. The minimum Gasteiger partial charge on any atom is -0.380 e. The zero-order chi connectivity index (χ0) is 9.41. The summed E-state index contributed by atoms with van der Waals surface area (Å²) in [5.74, 6) is 0.675. The van der Waals surface area contributed by atoms with Gasteiger partial charge in [0.05, 0.1) is 13.2 Å². The molecular formula is C10H21NO. The van der Waals surface area contributed by atoms with Gasteiger partial charge in [0.2, 0.25) is 0 Å². The maximum Gasteiger partial charge on any atom is 0.0564 e. The van der Waals surface area contributed by atoms with E-state index in [1.165, 1.54) is 0 Å². The van der Waals surface area contributed by atoms with E-state index in [1.54, 1.807) is 0 Å². The molecular weight excluding hydrogens is 150 g/mol. The molecule has 0 radical (unpaired) electrons. The number of ether oxygens (including phenoxy) is 1. The predicted octanol–water partition coefficient (Wildman–Crippen LogP) is 1.66. The highest BCUT2D eigenvalue weighted by atomic mass is 16.5. The molecule has 1 heterocycles. The maximum absolute atomic E-state index is 5.35. The van der Waals surface area contributed by atoms with Crippen LogP contribution in [0.25, 0.3) is 0 Å². The minimum absolute atomic E-state index is 0.180. The lowest BCUT2D eigenvalue weighted by atomic mass is 9.63. The number of nitrogens with one attached hydrogen (secondary N) is 1. The molecule has 1 rings (SSSR count). The molecule has 0 aliphatic carbocycles. The molecule has 0 amide bonds. The van der Waals surface area contributed by atoms with Crippen LogP contribution in [0.4, 0.5) is 0 Å². The molecule has 1 N–H and O–H groups in total. The lowest BCUT2D eigenvalue weighted by molar-refractivity contribution is -0.179. The van der Waals surface area contributed by atoms with Crippen LogP contribution in [0.3, 0.4) is 0 Å². The van der Waals surface area contributed by atoms with Gasteiger partial charge in [-0.1, -0.05) is 13.8 Å². The Morgan fingerprint density at radius 2 is 1.83 bits per heavy atom. The molecule has 0 aromatic rings. The van der Waals surface area contributed by atoms with Crippen LogP contribution in [-0.2, 0) is 4.74 Å². The maximum atomic E-state index is 5.35. The van der Waals surface area contributed by atoms with Gasteiger partial charge in [0.15, 0.2) is 0 Å². The fourth-order valence-corrected chi connectivity index (χ4v) is 1.99. The summed E-state index contributed by atoms with van der Waals surface area (Å²) in [6, 6.07) is 0. The van der Waals surface area contributed by atoms with E-state index in [2.05, 4.69) is 33.0 Å². The summed E-state index contributed by atoms with van der Waals surface area (Å²) >= 11 is 0. The van der Waals surface area contributed by atoms with Crippen molar-refractivity contribution in [2.45, 2.75) is 33.2 Å². The molecule has 2 heteroatoms. The van der Waals surface area contributed by atoms with Crippen LogP contribution in [0.1, 0.15) is 27.7 Å². The van der Waals surface area contributed by atoms with Crippen molar-refractivity contribution < 1.29 is 4.74 Å². The lowest BCUT2D eigenvalue weighted by Crippen LogP contribution is -2.65. The highest BCUT2D eigenvalue weighted by Crippen LogP contribution is 2.44. The highest BCUT2D eigenvalue weighted by molar-refractivity contribution is 5.04. The first-order chi connectivity index (χ1) is 5.46. The van der Waals surface area contributed by atoms with Crippen LogP contribution in [-0.4, -0.2) is 25.8 Å². The van der Waals surface area contributed by atoms with Crippen LogP contribution in [0.15, 0.2) is 0 Å². The lowest BCUT2D eigenvalue weighted by Gasteiger charge is -2.55. The summed E-state index contributed by atoms with van der Waals surface area (Å²) in [4.78, 5) is 0. The Morgan fingerprint density at radius 1 is 1.33 bits per heavy atom. The second-order valence-corrected chi connectivity index (χ2v) is 4.68. The summed E-state index contributed by atoms with van der Waals surface area (Å²) in [6.45, 7) is 10.9. The first-order valence-corrected chi connectivity index (χ1v) is 4.73. The van der Waals surface area contributed by atoms with Gasteiger partial charge in [0.1, 0.15) is 0 Å². The summed E-state index contributed by atoms with van der Waals surface area (Å²) in [5.41, 5.74) is 0.515. The van der Waals surface area contributed by atoms with Crippen molar-refractivity contribution in [2.24, 2.45) is 11.3 Å². The molecule has 72 valence electrons. The van der Waals surface area contributed by atoms with Crippen LogP contribution in [0, 0.1) is 11.3 Å². The van der Waals surface area contributed by atoms with Crippen LogP contribution in [0.5, 0.6) is 0 Å². The van der Waals surface area contributed by atoms with Crippen LogP contribution < -0.4 is 5.32 Å². The third-order valence-electron chi connectivity index (χ3n) is 3.69. The highest BCUT2D eigenvalue weighted by Gasteiger charge is 2.52. The van der Waals surface area contributed by atoms with Gasteiger partial charge in [-0.05, 0) is 26.8 Å². The van der Waals surface area contributed by atoms with E-state index in [0.29, 0.717) is 11.3 Å². The average Bonchev–Trinajstić information content (AvgIpc) is 1.83. The van der Waals surface area contributed by atoms with Crippen molar-refractivity contribution in [3.63, 3.8) is 0 Å².